The summed E-state index contributed by atoms with van der Waals surface area (Å²) in [6.07, 6.45) is 0.826. The summed E-state index contributed by atoms with van der Waals surface area (Å²) < 4.78 is 0. The third-order valence-electron chi connectivity index (χ3n) is 4.31. The molecule has 0 atom stereocenters. The highest BCUT2D eigenvalue weighted by Crippen LogP contribution is 2.37. The first-order valence-electron chi connectivity index (χ1n) is 8.32. The zero-order chi connectivity index (χ0) is 18.0. The molecular weight excluding hydrogens is 312 g/mol. The van der Waals surface area contributed by atoms with E-state index in [0.29, 0.717) is 35.5 Å². The molecule has 4 heteroatoms. The van der Waals surface area contributed by atoms with Gasteiger partial charge in [0.1, 0.15) is 5.76 Å². The predicted molar refractivity (Wildman–Crippen MR) is 101 cm³/mol. The molecule has 25 heavy (non-hydrogen) atoms. The number of carbonyl (C=O) groups is 1. The number of ketones is 1. The maximum absolute atomic E-state index is 12.8. The molecule has 2 aromatic carbocycles. The van der Waals surface area contributed by atoms with E-state index in [-0.39, 0.29) is 17.0 Å². The lowest BCUT2D eigenvalue weighted by atomic mass is 9.75. The van der Waals surface area contributed by atoms with Gasteiger partial charge >= 0.3 is 0 Å². The summed E-state index contributed by atoms with van der Waals surface area (Å²) in [4.78, 5) is 17.4. The van der Waals surface area contributed by atoms with Gasteiger partial charge in [0.05, 0.1) is 22.7 Å². The van der Waals surface area contributed by atoms with E-state index in [4.69, 9.17) is 5.73 Å². The Morgan fingerprint density at radius 3 is 2.32 bits per heavy atom. The van der Waals surface area contributed by atoms with Crippen LogP contribution in [0.4, 0.5) is 11.4 Å². The molecule has 0 aromatic heterocycles. The highest BCUT2D eigenvalue weighted by molar-refractivity contribution is 6.30. The van der Waals surface area contributed by atoms with Crippen LogP contribution >= 0.6 is 0 Å². The predicted octanol–water partition coefficient (Wildman–Crippen LogP) is 4.59. The number of benzene rings is 2. The van der Waals surface area contributed by atoms with Gasteiger partial charge in [0.25, 0.3) is 0 Å². The number of nitrogens with two attached hydrogens (primary N) is 1. The van der Waals surface area contributed by atoms with Crippen LogP contribution in [0.5, 0.6) is 0 Å². The van der Waals surface area contributed by atoms with E-state index in [9.17, 15) is 9.90 Å². The van der Waals surface area contributed by atoms with Crippen LogP contribution in [0.3, 0.4) is 0 Å². The summed E-state index contributed by atoms with van der Waals surface area (Å²) in [5, 5.41) is 10.6. The summed E-state index contributed by atoms with van der Waals surface area (Å²) >= 11 is 0. The number of rotatable bonds is 3. The molecule has 0 saturated heterocycles. The highest BCUT2D eigenvalue weighted by atomic mass is 16.3. The van der Waals surface area contributed by atoms with Crippen molar-refractivity contribution in [1.29, 1.82) is 0 Å². The first kappa shape index (κ1) is 17.0. The number of anilines is 1. The molecule has 0 amide bonds. The number of aliphatic hydroxyl groups excluding tert-OH is 1. The van der Waals surface area contributed by atoms with Crippen LogP contribution in [-0.2, 0) is 4.79 Å². The van der Waals surface area contributed by atoms with Crippen LogP contribution in [0.15, 0.2) is 70.9 Å². The van der Waals surface area contributed by atoms with Crippen molar-refractivity contribution in [3.8, 4) is 0 Å². The fraction of sp³-hybridized carbons (Fsp3) is 0.238. The van der Waals surface area contributed by atoms with Crippen LogP contribution in [0, 0.1) is 5.41 Å². The Morgan fingerprint density at radius 1 is 1.04 bits per heavy atom. The van der Waals surface area contributed by atoms with Gasteiger partial charge in [-0.05, 0) is 17.5 Å². The topological polar surface area (TPSA) is 75.7 Å². The van der Waals surface area contributed by atoms with Gasteiger partial charge in [0.15, 0.2) is 5.78 Å². The number of aliphatic imine (C=N–C) groups is 1. The first-order chi connectivity index (χ1) is 11.9. The van der Waals surface area contributed by atoms with Gasteiger partial charge in [0, 0.05) is 18.4 Å². The van der Waals surface area contributed by atoms with Crippen molar-refractivity contribution in [2.45, 2.75) is 26.7 Å². The Labute approximate surface area is 147 Å². The summed E-state index contributed by atoms with van der Waals surface area (Å²) in [6.45, 7) is 3.96. The number of nitrogens with zero attached hydrogens (tertiary/aromatic N) is 1. The van der Waals surface area contributed by atoms with E-state index >= 15 is 0 Å². The van der Waals surface area contributed by atoms with Crippen molar-refractivity contribution in [2.75, 3.05) is 5.73 Å². The minimum Gasteiger partial charge on any atom is -0.511 e. The summed E-state index contributed by atoms with van der Waals surface area (Å²) in [5.74, 6) is 0.00390. The molecule has 0 saturated carbocycles. The SMILES string of the molecule is CC1(C)CC(=O)C(C(=Nc2ccccc2N)c2ccccc2)=C(O)C1. The molecule has 3 N–H and O–H groups in total. The van der Waals surface area contributed by atoms with Gasteiger partial charge in [-0.15, -0.1) is 0 Å². The second-order valence-corrected chi connectivity index (χ2v) is 7.15. The van der Waals surface area contributed by atoms with Crippen LogP contribution in [0.1, 0.15) is 32.3 Å². The zero-order valence-corrected chi connectivity index (χ0v) is 14.5. The van der Waals surface area contributed by atoms with E-state index in [1.54, 1.807) is 12.1 Å². The van der Waals surface area contributed by atoms with Gasteiger partial charge in [-0.25, -0.2) is 4.99 Å². The van der Waals surface area contributed by atoms with Crippen molar-refractivity contribution in [3.63, 3.8) is 0 Å². The normalized spacial score (nSPS) is 17.7. The molecule has 0 aliphatic heterocycles. The summed E-state index contributed by atoms with van der Waals surface area (Å²) in [5.41, 5.74) is 8.42. The maximum atomic E-state index is 12.8. The number of aliphatic hydroxyl groups is 1. The Kier molecular flexibility index (Phi) is 4.45. The molecule has 2 aromatic rings. The van der Waals surface area contributed by atoms with E-state index in [2.05, 4.69) is 4.99 Å². The van der Waals surface area contributed by atoms with Crippen molar-refractivity contribution in [1.82, 2.24) is 0 Å². The average molecular weight is 334 g/mol. The standard InChI is InChI=1S/C21H22N2O2/c1-21(2)12-17(24)19(18(25)13-21)20(14-8-4-3-5-9-14)23-16-11-7-6-10-15(16)22/h3-11,24H,12-13,22H2,1-2H3. The van der Waals surface area contributed by atoms with Gasteiger partial charge in [-0.2, -0.15) is 0 Å². The third-order valence-corrected chi connectivity index (χ3v) is 4.31. The van der Waals surface area contributed by atoms with Crippen molar-refractivity contribution < 1.29 is 9.90 Å². The number of hydrogen-bond acceptors (Lipinski definition) is 4. The first-order valence-corrected chi connectivity index (χ1v) is 8.32. The van der Waals surface area contributed by atoms with Gasteiger partial charge in [0.2, 0.25) is 0 Å². The number of para-hydroxylation sites is 2. The monoisotopic (exact) mass is 334 g/mol. The molecule has 1 aliphatic rings. The molecular formula is C21H22N2O2. The minimum atomic E-state index is -0.252. The zero-order valence-electron chi connectivity index (χ0n) is 14.5. The fourth-order valence-electron chi connectivity index (χ4n) is 3.13. The lowest BCUT2D eigenvalue weighted by molar-refractivity contribution is -0.117. The molecule has 0 spiro atoms. The van der Waals surface area contributed by atoms with Crippen molar-refractivity contribution in [2.24, 2.45) is 10.4 Å². The Morgan fingerprint density at radius 2 is 1.68 bits per heavy atom. The maximum Gasteiger partial charge on any atom is 0.168 e. The molecule has 0 fully saturated rings. The van der Waals surface area contributed by atoms with Crippen molar-refractivity contribution >= 4 is 22.9 Å². The van der Waals surface area contributed by atoms with E-state index < -0.39 is 0 Å². The van der Waals surface area contributed by atoms with Gasteiger partial charge in [-0.3, -0.25) is 4.79 Å². The number of carbonyl (C=O) groups excluding carboxylic acids is 1. The third kappa shape index (κ3) is 3.63. The minimum absolute atomic E-state index is 0.0918. The number of hydrogen-bond donors (Lipinski definition) is 2. The Hall–Kier alpha value is -2.88. The number of nitrogen functional groups attached to an aromatic ring is 1. The molecule has 0 unspecified atom stereocenters. The molecule has 128 valence electrons. The van der Waals surface area contributed by atoms with Crippen LogP contribution in [-0.4, -0.2) is 16.6 Å². The van der Waals surface area contributed by atoms with Crippen molar-refractivity contribution in [3.05, 3.63) is 71.5 Å². The Bertz CT molecular complexity index is 864. The summed E-state index contributed by atoms with van der Waals surface area (Å²) in [6, 6.07) is 16.7. The van der Waals surface area contributed by atoms with Crippen LogP contribution in [0.2, 0.25) is 0 Å². The quantitative estimate of drug-likeness (QED) is 0.636. The largest absolute Gasteiger partial charge is 0.511 e. The second kappa shape index (κ2) is 6.55. The molecule has 4 nitrogen and oxygen atoms in total. The average Bonchev–Trinajstić information content (AvgIpc) is 2.55. The number of allylic oxidation sites excluding steroid dienone is 2. The number of Topliss-reactive ketones (excluding diaryl/α,β-unsaturated/α-hetero) is 1. The van der Waals surface area contributed by atoms with E-state index in [1.807, 2.05) is 56.3 Å². The second-order valence-electron chi connectivity index (χ2n) is 7.15. The lowest BCUT2D eigenvalue weighted by Crippen LogP contribution is -2.29. The van der Waals surface area contributed by atoms with Crippen LogP contribution < -0.4 is 5.73 Å². The molecule has 0 bridgehead atoms. The van der Waals surface area contributed by atoms with Crippen LogP contribution in [0.25, 0.3) is 0 Å². The Balaban J connectivity index is 2.20. The van der Waals surface area contributed by atoms with Gasteiger partial charge in [-0.1, -0.05) is 56.3 Å². The molecule has 3 rings (SSSR count). The van der Waals surface area contributed by atoms with E-state index in [1.165, 1.54) is 0 Å². The summed E-state index contributed by atoms with van der Waals surface area (Å²) in [7, 11) is 0. The highest BCUT2D eigenvalue weighted by Gasteiger charge is 2.35. The molecule has 0 radical (unpaired) electrons. The fourth-order valence-corrected chi connectivity index (χ4v) is 3.13. The molecule has 0 heterocycles. The van der Waals surface area contributed by atoms with Gasteiger partial charge < -0.3 is 10.8 Å². The molecule has 1 aliphatic carbocycles. The van der Waals surface area contributed by atoms with E-state index in [0.717, 1.165) is 5.56 Å². The smallest absolute Gasteiger partial charge is 0.168 e. The lowest BCUT2D eigenvalue weighted by Gasteiger charge is -2.30.